The van der Waals surface area contributed by atoms with Crippen LogP contribution in [0.3, 0.4) is 0 Å². The first-order valence-corrected chi connectivity index (χ1v) is 10.9. The molecule has 0 N–H and O–H groups in total. The van der Waals surface area contributed by atoms with Crippen LogP contribution in [0, 0.1) is 20.8 Å². The van der Waals surface area contributed by atoms with Gasteiger partial charge in [-0.1, -0.05) is 6.42 Å². The Morgan fingerprint density at radius 2 is 1.91 bits per heavy atom. The SMILES string of the molecule is Cc1nc(-c2cc(S(=O)(=O)N3CCCC[C@@H]3C)c(C)s2)sc1C. The molecular formula is C16H22N2O2S3. The molecule has 2 aromatic rings. The number of aryl methyl sites for hydroxylation is 3. The number of rotatable bonds is 3. The van der Waals surface area contributed by atoms with Crippen molar-refractivity contribution >= 4 is 32.7 Å². The van der Waals surface area contributed by atoms with Crippen LogP contribution in [0.4, 0.5) is 0 Å². The summed E-state index contributed by atoms with van der Waals surface area (Å²) in [5, 5.41) is 0.918. The molecule has 0 aliphatic carbocycles. The zero-order chi connectivity index (χ0) is 16.8. The van der Waals surface area contributed by atoms with Gasteiger partial charge < -0.3 is 0 Å². The van der Waals surface area contributed by atoms with Crippen molar-refractivity contribution in [1.82, 2.24) is 9.29 Å². The summed E-state index contributed by atoms with van der Waals surface area (Å²) in [5.74, 6) is 0. The Hall–Kier alpha value is -0.760. The van der Waals surface area contributed by atoms with Crippen molar-refractivity contribution in [2.75, 3.05) is 6.54 Å². The first-order chi connectivity index (χ1) is 10.8. The first-order valence-electron chi connectivity index (χ1n) is 7.87. The van der Waals surface area contributed by atoms with Gasteiger partial charge in [0.25, 0.3) is 0 Å². The summed E-state index contributed by atoms with van der Waals surface area (Å²) < 4.78 is 27.8. The number of thiophene rings is 1. The molecule has 3 heterocycles. The van der Waals surface area contributed by atoms with Crippen LogP contribution < -0.4 is 0 Å². The van der Waals surface area contributed by atoms with E-state index in [0.717, 1.165) is 39.7 Å². The third-order valence-electron chi connectivity index (χ3n) is 4.44. The maximum Gasteiger partial charge on any atom is 0.244 e. The second kappa shape index (κ2) is 6.27. The van der Waals surface area contributed by atoms with Gasteiger partial charge in [-0.05, 0) is 46.6 Å². The van der Waals surface area contributed by atoms with Crippen LogP contribution in [0.5, 0.6) is 0 Å². The summed E-state index contributed by atoms with van der Waals surface area (Å²) in [6, 6.07) is 1.90. The highest BCUT2D eigenvalue weighted by Crippen LogP contribution is 2.38. The summed E-state index contributed by atoms with van der Waals surface area (Å²) in [7, 11) is -3.41. The third kappa shape index (κ3) is 3.12. The number of aromatic nitrogens is 1. The largest absolute Gasteiger partial charge is 0.244 e. The van der Waals surface area contributed by atoms with Gasteiger partial charge >= 0.3 is 0 Å². The summed E-state index contributed by atoms with van der Waals surface area (Å²) in [6.07, 6.45) is 3.00. The molecule has 0 saturated carbocycles. The van der Waals surface area contributed by atoms with E-state index >= 15 is 0 Å². The zero-order valence-electron chi connectivity index (χ0n) is 13.9. The molecule has 0 unspecified atom stereocenters. The summed E-state index contributed by atoms with van der Waals surface area (Å²) in [6.45, 7) is 8.56. The molecule has 126 valence electrons. The topological polar surface area (TPSA) is 50.3 Å². The number of nitrogens with zero attached hydrogens (tertiary/aromatic N) is 2. The van der Waals surface area contributed by atoms with Crippen LogP contribution in [0.25, 0.3) is 9.88 Å². The van der Waals surface area contributed by atoms with Crippen molar-refractivity contribution in [1.29, 1.82) is 0 Å². The molecule has 3 rings (SSSR count). The Labute approximate surface area is 146 Å². The van der Waals surface area contributed by atoms with E-state index in [9.17, 15) is 8.42 Å². The predicted octanol–water partition coefficient (Wildman–Crippen LogP) is 4.36. The van der Waals surface area contributed by atoms with Crippen LogP contribution in [-0.4, -0.2) is 30.3 Å². The van der Waals surface area contributed by atoms with Crippen LogP contribution in [0.1, 0.15) is 41.6 Å². The van der Waals surface area contributed by atoms with Crippen molar-refractivity contribution < 1.29 is 8.42 Å². The average Bonchev–Trinajstić information content (AvgIpc) is 3.03. The first kappa shape index (κ1) is 17.1. The number of thiazole rings is 1. The van der Waals surface area contributed by atoms with Crippen molar-refractivity contribution in [2.45, 2.75) is 57.9 Å². The molecule has 4 nitrogen and oxygen atoms in total. The molecule has 0 aromatic carbocycles. The highest BCUT2D eigenvalue weighted by Gasteiger charge is 2.33. The van der Waals surface area contributed by atoms with Gasteiger partial charge in [0.05, 0.1) is 15.5 Å². The Morgan fingerprint density at radius 3 is 2.52 bits per heavy atom. The molecule has 1 aliphatic heterocycles. The molecule has 0 radical (unpaired) electrons. The van der Waals surface area contributed by atoms with Crippen molar-refractivity contribution in [2.24, 2.45) is 0 Å². The predicted molar refractivity (Wildman–Crippen MR) is 96.8 cm³/mol. The van der Waals surface area contributed by atoms with E-state index in [-0.39, 0.29) is 6.04 Å². The van der Waals surface area contributed by atoms with E-state index in [1.807, 2.05) is 33.8 Å². The quantitative estimate of drug-likeness (QED) is 0.806. The molecule has 2 aromatic heterocycles. The lowest BCUT2D eigenvalue weighted by Gasteiger charge is -2.32. The van der Waals surface area contributed by atoms with Crippen LogP contribution >= 0.6 is 22.7 Å². The maximum absolute atomic E-state index is 13.1. The molecular weight excluding hydrogens is 348 g/mol. The fourth-order valence-electron chi connectivity index (χ4n) is 2.96. The van der Waals surface area contributed by atoms with E-state index in [0.29, 0.717) is 11.4 Å². The fourth-order valence-corrected chi connectivity index (χ4v) is 7.18. The Bertz CT molecular complexity index is 801. The van der Waals surface area contributed by atoms with E-state index in [2.05, 4.69) is 4.98 Å². The molecule has 0 amide bonds. The number of hydrogen-bond acceptors (Lipinski definition) is 5. The number of hydrogen-bond donors (Lipinski definition) is 0. The van der Waals surface area contributed by atoms with Crippen molar-refractivity contribution in [3.05, 3.63) is 21.5 Å². The maximum atomic E-state index is 13.1. The smallest absolute Gasteiger partial charge is 0.240 e. The monoisotopic (exact) mass is 370 g/mol. The van der Waals surface area contributed by atoms with Gasteiger partial charge in [0.2, 0.25) is 10.0 Å². The molecule has 0 spiro atoms. The second-order valence-corrected chi connectivity index (χ2v) is 10.5. The highest BCUT2D eigenvalue weighted by atomic mass is 32.2. The minimum atomic E-state index is -3.41. The van der Waals surface area contributed by atoms with Crippen LogP contribution in [0.2, 0.25) is 0 Å². The summed E-state index contributed by atoms with van der Waals surface area (Å²) >= 11 is 3.15. The van der Waals surface area contributed by atoms with E-state index in [1.54, 1.807) is 15.6 Å². The Balaban J connectivity index is 2.00. The van der Waals surface area contributed by atoms with E-state index < -0.39 is 10.0 Å². The number of piperidine rings is 1. The lowest BCUT2D eigenvalue weighted by molar-refractivity contribution is 0.268. The Morgan fingerprint density at radius 1 is 1.17 bits per heavy atom. The number of sulfonamides is 1. The Kier molecular flexibility index (Phi) is 4.66. The molecule has 23 heavy (non-hydrogen) atoms. The van der Waals surface area contributed by atoms with Crippen LogP contribution in [0.15, 0.2) is 11.0 Å². The van der Waals surface area contributed by atoms with E-state index in [1.165, 1.54) is 16.2 Å². The molecule has 0 bridgehead atoms. The normalized spacial score (nSPS) is 20.1. The lowest BCUT2D eigenvalue weighted by atomic mass is 10.1. The molecule has 1 atom stereocenters. The standard InChI is InChI=1S/C16H22N2O2S3/c1-10-7-5-6-8-18(10)23(19,20)15-9-14(21-13(15)4)16-17-11(2)12(3)22-16/h9-10H,5-8H2,1-4H3/t10-/m0/s1. The minimum absolute atomic E-state index is 0.0841. The second-order valence-electron chi connectivity index (χ2n) is 6.15. The van der Waals surface area contributed by atoms with Gasteiger partial charge in [-0.25, -0.2) is 13.4 Å². The van der Waals surface area contributed by atoms with Crippen LogP contribution in [-0.2, 0) is 10.0 Å². The lowest BCUT2D eigenvalue weighted by Crippen LogP contribution is -2.41. The van der Waals surface area contributed by atoms with Crippen molar-refractivity contribution in [3.8, 4) is 9.88 Å². The van der Waals surface area contributed by atoms with Gasteiger partial charge in [0, 0.05) is 22.3 Å². The highest BCUT2D eigenvalue weighted by molar-refractivity contribution is 7.89. The fraction of sp³-hybridized carbons (Fsp3) is 0.562. The molecule has 1 saturated heterocycles. The van der Waals surface area contributed by atoms with Gasteiger partial charge in [-0.15, -0.1) is 22.7 Å². The van der Waals surface area contributed by atoms with Crippen molar-refractivity contribution in [3.63, 3.8) is 0 Å². The van der Waals surface area contributed by atoms with Gasteiger partial charge in [0.1, 0.15) is 5.01 Å². The summed E-state index contributed by atoms with van der Waals surface area (Å²) in [5.41, 5.74) is 1.02. The molecule has 1 aliphatic rings. The molecule has 1 fully saturated rings. The third-order valence-corrected chi connectivity index (χ3v) is 9.00. The molecule has 7 heteroatoms. The van der Waals surface area contributed by atoms with Gasteiger partial charge in [0.15, 0.2) is 0 Å². The van der Waals surface area contributed by atoms with Gasteiger partial charge in [-0.2, -0.15) is 4.31 Å². The van der Waals surface area contributed by atoms with Gasteiger partial charge in [-0.3, -0.25) is 0 Å². The van der Waals surface area contributed by atoms with E-state index in [4.69, 9.17) is 0 Å². The zero-order valence-corrected chi connectivity index (χ0v) is 16.4. The summed E-state index contributed by atoms with van der Waals surface area (Å²) in [4.78, 5) is 8.00. The average molecular weight is 371 g/mol. The minimum Gasteiger partial charge on any atom is -0.240 e.